The zero-order chi connectivity index (χ0) is 12.8. The van der Waals surface area contributed by atoms with Gasteiger partial charge >= 0.3 is 5.97 Å². The smallest absolute Gasteiger partial charge is 0.312 e. The molecule has 0 rings (SSSR count). The predicted molar refractivity (Wildman–Crippen MR) is 68.3 cm³/mol. The van der Waals surface area contributed by atoms with Gasteiger partial charge in [0.25, 0.3) is 0 Å². The van der Waals surface area contributed by atoms with E-state index >= 15 is 0 Å². The fourth-order valence-corrected chi connectivity index (χ4v) is 1.88. The maximum Gasteiger partial charge on any atom is 0.312 e. The number of ether oxygens (including phenoxy) is 1. The van der Waals surface area contributed by atoms with Crippen molar-refractivity contribution in [3.05, 3.63) is 0 Å². The van der Waals surface area contributed by atoms with Crippen molar-refractivity contribution in [3.8, 4) is 0 Å². The van der Waals surface area contributed by atoms with Crippen LogP contribution in [0.1, 0.15) is 60.8 Å². The minimum atomic E-state index is -0.331. The van der Waals surface area contributed by atoms with E-state index in [9.17, 15) is 4.79 Å². The van der Waals surface area contributed by atoms with Gasteiger partial charge in [-0.3, -0.25) is 4.79 Å². The van der Waals surface area contributed by atoms with E-state index in [-0.39, 0.29) is 11.4 Å². The Morgan fingerprint density at radius 3 is 2.19 bits per heavy atom. The third-order valence-electron chi connectivity index (χ3n) is 3.30. The highest BCUT2D eigenvalue weighted by Crippen LogP contribution is 2.35. The van der Waals surface area contributed by atoms with E-state index in [2.05, 4.69) is 34.6 Å². The van der Waals surface area contributed by atoms with E-state index in [1.807, 2.05) is 6.92 Å². The molecule has 2 heteroatoms. The van der Waals surface area contributed by atoms with E-state index < -0.39 is 0 Å². The minimum absolute atomic E-state index is 0.0235. The third-order valence-corrected chi connectivity index (χ3v) is 3.30. The molecule has 96 valence electrons. The van der Waals surface area contributed by atoms with E-state index in [4.69, 9.17) is 4.74 Å². The van der Waals surface area contributed by atoms with Crippen LogP contribution in [0.5, 0.6) is 0 Å². The van der Waals surface area contributed by atoms with Crippen LogP contribution in [0.25, 0.3) is 0 Å². The van der Waals surface area contributed by atoms with Crippen LogP contribution in [0.2, 0.25) is 0 Å². The van der Waals surface area contributed by atoms with E-state index in [0.717, 1.165) is 19.3 Å². The number of rotatable bonds is 7. The summed E-state index contributed by atoms with van der Waals surface area (Å²) in [5, 5.41) is 0. The summed E-state index contributed by atoms with van der Waals surface area (Å²) >= 11 is 0. The standard InChI is InChI=1S/C14H28O2/c1-7-8-9-16-13(15)14(6,12(4)5)10-11(2)3/h11-12H,7-10H2,1-6H3. The summed E-state index contributed by atoms with van der Waals surface area (Å²) in [7, 11) is 0. The number of carbonyl (C=O) groups is 1. The summed E-state index contributed by atoms with van der Waals surface area (Å²) in [5.41, 5.74) is -0.331. The van der Waals surface area contributed by atoms with Crippen molar-refractivity contribution in [2.45, 2.75) is 60.8 Å². The molecule has 0 radical (unpaired) electrons. The first kappa shape index (κ1) is 15.5. The molecule has 0 heterocycles. The highest BCUT2D eigenvalue weighted by Gasteiger charge is 2.38. The Hall–Kier alpha value is -0.530. The molecule has 0 spiro atoms. The fourth-order valence-electron chi connectivity index (χ4n) is 1.88. The molecular weight excluding hydrogens is 200 g/mol. The Morgan fingerprint density at radius 2 is 1.81 bits per heavy atom. The van der Waals surface area contributed by atoms with E-state index in [1.165, 1.54) is 0 Å². The summed E-state index contributed by atoms with van der Waals surface area (Å²) in [5.74, 6) is 0.819. The van der Waals surface area contributed by atoms with Crippen LogP contribution in [0, 0.1) is 17.3 Å². The first-order valence-corrected chi connectivity index (χ1v) is 6.51. The van der Waals surface area contributed by atoms with E-state index in [1.54, 1.807) is 0 Å². The molecule has 0 aliphatic carbocycles. The molecule has 0 aromatic heterocycles. The zero-order valence-electron chi connectivity index (χ0n) is 11.8. The molecule has 1 unspecified atom stereocenters. The van der Waals surface area contributed by atoms with Crippen molar-refractivity contribution >= 4 is 5.97 Å². The fraction of sp³-hybridized carbons (Fsp3) is 0.929. The van der Waals surface area contributed by atoms with Crippen molar-refractivity contribution in [3.63, 3.8) is 0 Å². The van der Waals surface area contributed by atoms with Gasteiger partial charge in [0.1, 0.15) is 0 Å². The van der Waals surface area contributed by atoms with Crippen molar-refractivity contribution in [1.29, 1.82) is 0 Å². The van der Waals surface area contributed by atoms with Crippen molar-refractivity contribution in [1.82, 2.24) is 0 Å². The quantitative estimate of drug-likeness (QED) is 0.485. The number of carbonyl (C=O) groups excluding carboxylic acids is 1. The van der Waals surface area contributed by atoms with Crippen LogP contribution >= 0.6 is 0 Å². The van der Waals surface area contributed by atoms with E-state index in [0.29, 0.717) is 18.4 Å². The molecule has 0 saturated carbocycles. The number of unbranched alkanes of at least 4 members (excludes halogenated alkanes) is 1. The Kier molecular flexibility index (Phi) is 6.70. The maximum atomic E-state index is 12.1. The molecule has 0 aromatic rings. The summed E-state index contributed by atoms with van der Waals surface area (Å²) in [6, 6.07) is 0. The van der Waals surface area contributed by atoms with Gasteiger partial charge in [0.2, 0.25) is 0 Å². The van der Waals surface area contributed by atoms with Gasteiger partial charge in [0.15, 0.2) is 0 Å². The Balaban J connectivity index is 4.45. The molecule has 0 aromatic carbocycles. The molecule has 0 fully saturated rings. The third kappa shape index (κ3) is 4.54. The van der Waals surface area contributed by atoms with Gasteiger partial charge in [-0.05, 0) is 31.6 Å². The molecule has 2 nitrogen and oxygen atoms in total. The Morgan fingerprint density at radius 1 is 1.25 bits per heavy atom. The highest BCUT2D eigenvalue weighted by atomic mass is 16.5. The summed E-state index contributed by atoms with van der Waals surface area (Å²) in [4.78, 5) is 12.1. The molecule has 0 bridgehead atoms. The largest absolute Gasteiger partial charge is 0.465 e. The van der Waals surface area contributed by atoms with Crippen LogP contribution in [-0.2, 0) is 9.53 Å². The van der Waals surface area contributed by atoms with Crippen molar-refractivity contribution in [2.75, 3.05) is 6.61 Å². The average molecular weight is 228 g/mol. The van der Waals surface area contributed by atoms with Gasteiger partial charge < -0.3 is 4.74 Å². The lowest BCUT2D eigenvalue weighted by atomic mass is 9.73. The highest BCUT2D eigenvalue weighted by molar-refractivity contribution is 5.76. The van der Waals surface area contributed by atoms with Gasteiger partial charge in [-0.15, -0.1) is 0 Å². The summed E-state index contributed by atoms with van der Waals surface area (Å²) < 4.78 is 5.37. The Labute approximate surface area is 101 Å². The zero-order valence-corrected chi connectivity index (χ0v) is 11.8. The molecule has 0 aliphatic rings. The monoisotopic (exact) mass is 228 g/mol. The number of esters is 1. The second-order valence-corrected chi connectivity index (χ2v) is 5.66. The van der Waals surface area contributed by atoms with Crippen LogP contribution in [0.15, 0.2) is 0 Å². The first-order valence-electron chi connectivity index (χ1n) is 6.51. The molecule has 0 aliphatic heterocycles. The van der Waals surface area contributed by atoms with Gasteiger partial charge in [0, 0.05) is 0 Å². The number of hydrogen-bond donors (Lipinski definition) is 0. The Bertz CT molecular complexity index is 209. The molecule has 16 heavy (non-hydrogen) atoms. The van der Waals surface area contributed by atoms with Crippen molar-refractivity contribution in [2.24, 2.45) is 17.3 Å². The normalized spacial score (nSPS) is 15.2. The molecular formula is C14H28O2. The van der Waals surface area contributed by atoms with Crippen LogP contribution in [-0.4, -0.2) is 12.6 Å². The second kappa shape index (κ2) is 6.93. The second-order valence-electron chi connectivity index (χ2n) is 5.66. The predicted octanol–water partition coefficient (Wildman–Crippen LogP) is 4.04. The van der Waals surface area contributed by atoms with Gasteiger partial charge in [-0.25, -0.2) is 0 Å². The lowest BCUT2D eigenvalue weighted by Crippen LogP contribution is -2.36. The molecule has 0 saturated heterocycles. The lowest BCUT2D eigenvalue weighted by Gasteiger charge is -2.32. The van der Waals surface area contributed by atoms with Crippen LogP contribution in [0.3, 0.4) is 0 Å². The van der Waals surface area contributed by atoms with Gasteiger partial charge in [0.05, 0.1) is 12.0 Å². The molecule has 0 N–H and O–H groups in total. The van der Waals surface area contributed by atoms with Crippen LogP contribution in [0.4, 0.5) is 0 Å². The minimum Gasteiger partial charge on any atom is -0.465 e. The average Bonchev–Trinajstić information content (AvgIpc) is 2.16. The SMILES string of the molecule is CCCCOC(=O)C(C)(CC(C)C)C(C)C. The topological polar surface area (TPSA) is 26.3 Å². The number of hydrogen-bond acceptors (Lipinski definition) is 2. The molecule has 0 amide bonds. The molecule has 1 atom stereocenters. The summed E-state index contributed by atoms with van der Waals surface area (Å²) in [6.07, 6.45) is 2.92. The lowest BCUT2D eigenvalue weighted by molar-refractivity contribution is -0.159. The van der Waals surface area contributed by atoms with Crippen molar-refractivity contribution < 1.29 is 9.53 Å². The maximum absolute atomic E-state index is 12.1. The van der Waals surface area contributed by atoms with Gasteiger partial charge in [-0.2, -0.15) is 0 Å². The summed E-state index contributed by atoms with van der Waals surface area (Å²) in [6.45, 7) is 13.2. The van der Waals surface area contributed by atoms with Gasteiger partial charge in [-0.1, -0.05) is 41.0 Å². The first-order chi connectivity index (χ1) is 7.34. The van der Waals surface area contributed by atoms with Crippen LogP contribution < -0.4 is 0 Å².